The van der Waals surface area contributed by atoms with E-state index in [1.54, 1.807) is 4.90 Å². The number of aliphatic hydroxyl groups excluding tert-OH is 1. The topological polar surface area (TPSA) is 53.7 Å². The second-order valence-corrected chi connectivity index (χ2v) is 6.03. The van der Waals surface area contributed by atoms with Crippen LogP contribution in [0.15, 0.2) is 16.7 Å². The maximum absolute atomic E-state index is 12.0. The van der Waals surface area contributed by atoms with E-state index >= 15 is 0 Å². The number of alkyl halides is 3. The van der Waals surface area contributed by atoms with Crippen molar-refractivity contribution in [2.24, 2.45) is 0 Å². The van der Waals surface area contributed by atoms with Gasteiger partial charge in [-0.05, 0) is 19.9 Å². The number of rotatable bonds is 4. The summed E-state index contributed by atoms with van der Waals surface area (Å²) in [5.41, 5.74) is 0.321. The summed E-state index contributed by atoms with van der Waals surface area (Å²) in [5, 5.41) is 9.69. The number of aliphatic hydroxyl groups is 1. The lowest BCUT2D eigenvalue weighted by molar-refractivity contribution is 0.0772. The third-order valence-corrected chi connectivity index (χ3v) is 3.12. The standard InChI is InChI=1S/C11H14Cl3NO3/c1-3-15(4-2)10(17)7-5-8(18-6-7)9(16)11(12,13)14/h5-6,9,16H,3-4H2,1-2H3. The largest absolute Gasteiger partial charge is 0.466 e. The molecule has 1 aromatic rings. The van der Waals surface area contributed by atoms with Gasteiger partial charge in [-0.15, -0.1) is 0 Å². The van der Waals surface area contributed by atoms with E-state index in [4.69, 9.17) is 39.2 Å². The van der Waals surface area contributed by atoms with E-state index in [-0.39, 0.29) is 11.7 Å². The molecule has 102 valence electrons. The van der Waals surface area contributed by atoms with Crippen LogP contribution in [0.4, 0.5) is 0 Å². The quantitative estimate of drug-likeness (QED) is 0.869. The van der Waals surface area contributed by atoms with Crippen LogP contribution in [0, 0.1) is 0 Å². The molecular weight excluding hydrogens is 300 g/mol. The zero-order valence-electron chi connectivity index (χ0n) is 9.99. The van der Waals surface area contributed by atoms with Gasteiger partial charge in [-0.3, -0.25) is 4.79 Å². The maximum atomic E-state index is 12.0. The van der Waals surface area contributed by atoms with Crippen LogP contribution >= 0.6 is 34.8 Å². The molecule has 1 heterocycles. The summed E-state index contributed by atoms with van der Waals surface area (Å²) in [7, 11) is 0. The minimum atomic E-state index is -1.90. The van der Waals surface area contributed by atoms with Gasteiger partial charge in [0.1, 0.15) is 12.0 Å². The van der Waals surface area contributed by atoms with Gasteiger partial charge in [0.25, 0.3) is 5.91 Å². The fraction of sp³-hybridized carbons (Fsp3) is 0.545. The molecule has 0 bridgehead atoms. The van der Waals surface area contributed by atoms with Crippen LogP contribution in [0.2, 0.25) is 0 Å². The molecule has 0 spiro atoms. The summed E-state index contributed by atoms with van der Waals surface area (Å²) < 4.78 is 3.17. The molecule has 0 aliphatic rings. The van der Waals surface area contributed by atoms with E-state index in [2.05, 4.69) is 0 Å². The van der Waals surface area contributed by atoms with Crippen LogP contribution in [0.5, 0.6) is 0 Å². The summed E-state index contributed by atoms with van der Waals surface area (Å²) in [6.07, 6.45) is -0.170. The van der Waals surface area contributed by atoms with Gasteiger partial charge >= 0.3 is 0 Å². The van der Waals surface area contributed by atoms with Crippen molar-refractivity contribution < 1.29 is 14.3 Å². The highest BCUT2D eigenvalue weighted by Gasteiger charge is 2.35. The Morgan fingerprint density at radius 1 is 1.44 bits per heavy atom. The Labute approximate surface area is 120 Å². The van der Waals surface area contributed by atoms with Crippen molar-refractivity contribution in [3.8, 4) is 0 Å². The van der Waals surface area contributed by atoms with E-state index in [0.29, 0.717) is 18.7 Å². The Bertz CT molecular complexity index is 410. The van der Waals surface area contributed by atoms with Crippen molar-refractivity contribution in [1.29, 1.82) is 0 Å². The highest BCUT2D eigenvalue weighted by Crippen LogP contribution is 2.40. The third-order valence-electron chi connectivity index (χ3n) is 2.50. The van der Waals surface area contributed by atoms with Crippen LogP contribution in [-0.4, -0.2) is 32.8 Å². The number of furan rings is 1. The molecule has 1 rings (SSSR count). The molecule has 1 amide bonds. The first kappa shape index (κ1) is 15.6. The van der Waals surface area contributed by atoms with Crippen LogP contribution in [-0.2, 0) is 0 Å². The summed E-state index contributed by atoms with van der Waals surface area (Å²) >= 11 is 16.6. The van der Waals surface area contributed by atoms with Gasteiger partial charge in [0, 0.05) is 13.1 Å². The first-order valence-electron chi connectivity index (χ1n) is 5.43. The summed E-state index contributed by atoms with van der Waals surface area (Å²) in [4.78, 5) is 13.6. The molecule has 0 saturated heterocycles. The van der Waals surface area contributed by atoms with Crippen LogP contribution in [0.3, 0.4) is 0 Å². The molecule has 18 heavy (non-hydrogen) atoms. The van der Waals surface area contributed by atoms with Gasteiger partial charge in [-0.25, -0.2) is 0 Å². The number of hydrogen-bond acceptors (Lipinski definition) is 3. The molecule has 0 fully saturated rings. The number of halogens is 3. The Hall–Kier alpha value is -0.420. The molecule has 0 aromatic carbocycles. The fourth-order valence-electron chi connectivity index (χ4n) is 1.46. The zero-order chi connectivity index (χ0) is 13.9. The van der Waals surface area contributed by atoms with Crippen molar-refractivity contribution in [2.75, 3.05) is 13.1 Å². The lowest BCUT2D eigenvalue weighted by Crippen LogP contribution is -2.30. The van der Waals surface area contributed by atoms with Crippen molar-refractivity contribution in [3.63, 3.8) is 0 Å². The number of nitrogens with zero attached hydrogens (tertiary/aromatic N) is 1. The van der Waals surface area contributed by atoms with Crippen LogP contribution in [0.25, 0.3) is 0 Å². The van der Waals surface area contributed by atoms with Crippen LogP contribution < -0.4 is 0 Å². The van der Waals surface area contributed by atoms with Crippen molar-refractivity contribution in [3.05, 3.63) is 23.7 Å². The Balaban J connectivity index is 2.90. The molecule has 1 unspecified atom stereocenters. The predicted octanol–water partition coefficient (Wildman–Crippen LogP) is 3.17. The predicted molar refractivity (Wildman–Crippen MR) is 71.2 cm³/mol. The molecule has 1 N–H and O–H groups in total. The van der Waals surface area contributed by atoms with Gasteiger partial charge < -0.3 is 14.4 Å². The van der Waals surface area contributed by atoms with E-state index in [9.17, 15) is 9.90 Å². The average Bonchev–Trinajstić information content (AvgIpc) is 2.77. The van der Waals surface area contributed by atoms with E-state index in [1.165, 1.54) is 12.3 Å². The second kappa shape index (κ2) is 6.15. The lowest BCUT2D eigenvalue weighted by Gasteiger charge is -2.17. The Kier molecular flexibility index (Phi) is 5.34. The molecule has 0 radical (unpaired) electrons. The Morgan fingerprint density at radius 2 is 2.00 bits per heavy atom. The summed E-state index contributed by atoms with van der Waals surface area (Å²) in [6, 6.07) is 1.38. The number of hydrogen-bond donors (Lipinski definition) is 1. The second-order valence-electron chi connectivity index (χ2n) is 3.66. The first-order valence-corrected chi connectivity index (χ1v) is 6.57. The van der Waals surface area contributed by atoms with Gasteiger partial charge in [0.15, 0.2) is 6.10 Å². The smallest absolute Gasteiger partial charge is 0.257 e. The molecule has 0 aliphatic carbocycles. The molecule has 7 heteroatoms. The molecular formula is C11H14Cl3NO3. The number of carbonyl (C=O) groups excluding carboxylic acids is 1. The fourth-order valence-corrected chi connectivity index (χ4v) is 1.79. The molecule has 1 atom stereocenters. The highest BCUT2D eigenvalue weighted by molar-refractivity contribution is 6.67. The van der Waals surface area contributed by atoms with Crippen LogP contribution in [0.1, 0.15) is 36.1 Å². The highest BCUT2D eigenvalue weighted by atomic mass is 35.6. The van der Waals surface area contributed by atoms with Gasteiger partial charge in [0.05, 0.1) is 5.56 Å². The molecule has 1 aromatic heterocycles. The SMILES string of the molecule is CCN(CC)C(=O)c1coc(C(O)C(Cl)(Cl)Cl)c1. The minimum absolute atomic E-state index is 0.0468. The summed E-state index contributed by atoms with van der Waals surface area (Å²) in [6.45, 7) is 4.92. The summed E-state index contributed by atoms with van der Waals surface area (Å²) in [5.74, 6) is -0.142. The third kappa shape index (κ3) is 3.54. The first-order chi connectivity index (χ1) is 8.31. The maximum Gasteiger partial charge on any atom is 0.257 e. The zero-order valence-corrected chi connectivity index (χ0v) is 12.3. The van der Waals surface area contributed by atoms with Crippen molar-refractivity contribution in [2.45, 2.75) is 23.7 Å². The van der Waals surface area contributed by atoms with E-state index in [1.807, 2.05) is 13.8 Å². The minimum Gasteiger partial charge on any atom is -0.466 e. The van der Waals surface area contributed by atoms with Gasteiger partial charge in [0.2, 0.25) is 3.79 Å². The van der Waals surface area contributed by atoms with E-state index < -0.39 is 9.90 Å². The average molecular weight is 315 g/mol. The van der Waals surface area contributed by atoms with Gasteiger partial charge in [-0.2, -0.15) is 0 Å². The van der Waals surface area contributed by atoms with E-state index in [0.717, 1.165) is 0 Å². The molecule has 0 aliphatic heterocycles. The number of amides is 1. The lowest BCUT2D eigenvalue weighted by atomic mass is 10.2. The molecule has 4 nitrogen and oxygen atoms in total. The van der Waals surface area contributed by atoms with Crippen molar-refractivity contribution >= 4 is 40.7 Å². The Morgan fingerprint density at radius 3 is 2.44 bits per heavy atom. The number of carbonyl (C=O) groups is 1. The normalized spacial score (nSPS) is 13.4. The monoisotopic (exact) mass is 313 g/mol. The van der Waals surface area contributed by atoms with Crippen molar-refractivity contribution in [1.82, 2.24) is 4.90 Å². The molecule has 0 saturated carbocycles. The van der Waals surface area contributed by atoms with Gasteiger partial charge in [-0.1, -0.05) is 34.8 Å².